The lowest BCUT2D eigenvalue weighted by molar-refractivity contribution is -0.131. The predicted octanol–water partition coefficient (Wildman–Crippen LogP) is 1.46. The Morgan fingerprint density at radius 1 is 1.21 bits per heavy atom. The summed E-state index contributed by atoms with van der Waals surface area (Å²) in [5, 5.41) is 3.40. The Morgan fingerprint density at radius 3 is 2.68 bits per heavy atom. The first kappa shape index (κ1) is 14.8. The minimum atomic E-state index is 0.0985. The maximum atomic E-state index is 12.3. The molecule has 2 heterocycles. The molecule has 2 aliphatic heterocycles. The molecule has 1 unspecified atom stereocenters. The van der Waals surface area contributed by atoms with Crippen molar-refractivity contribution in [3.05, 3.63) is 0 Å². The highest BCUT2D eigenvalue weighted by molar-refractivity contribution is 5.76. The highest BCUT2D eigenvalue weighted by Crippen LogP contribution is 2.21. The van der Waals surface area contributed by atoms with Gasteiger partial charge in [-0.2, -0.15) is 0 Å². The van der Waals surface area contributed by atoms with Gasteiger partial charge in [0.1, 0.15) is 0 Å². The first-order chi connectivity index (χ1) is 8.96. The van der Waals surface area contributed by atoms with Crippen LogP contribution in [0.4, 0.5) is 0 Å². The van der Waals surface area contributed by atoms with E-state index in [1.54, 1.807) is 0 Å². The fraction of sp³-hybridized carbons (Fsp3) is 0.933. The Kier molecular flexibility index (Phi) is 4.85. The monoisotopic (exact) mass is 267 g/mol. The number of hydrogen-bond donors (Lipinski definition) is 1. The Bertz CT molecular complexity index is 311. The Morgan fingerprint density at radius 2 is 1.95 bits per heavy atom. The van der Waals surface area contributed by atoms with E-state index >= 15 is 0 Å². The van der Waals surface area contributed by atoms with Gasteiger partial charge in [-0.15, -0.1) is 0 Å². The zero-order valence-electron chi connectivity index (χ0n) is 12.7. The van der Waals surface area contributed by atoms with Crippen LogP contribution in [0.25, 0.3) is 0 Å². The van der Waals surface area contributed by atoms with Crippen molar-refractivity contribution in [3.8, 4) is 0 Å². The van der Waals surface area contributed by atoms with Crippen molar-refractivity contribution in [2.45, 2.75) is 58.0 Å². The molecule has 0 aromatic rings. The van der Waals surface area contributed by atoms with Gasteiger partial charge in [0.15, 0.2) is 0 Å². The van der Waals surface area contributed by atoms with Gasteiger partial charge >= 0.3 is 0 Å². The number of nitrogens with one attached hydrogen (secondary N) is 1. The fourth-order valence-electron chi connectivity index (χ4n) is 3.14. The predicted molar refractivity (Wildman–Crippen MR) is 78.2 cm³/mol. The average molecular weight is 267 g/mol. The topological polar surface area (TPSA) is 35.6 Å². The smallest absolute Gasteiger partial charge is 0.223 e. The van der Waals surface area contributed by atoms with E-state index in [0.717, 1.165) is 26.1 Å². The summed E-state index contributed by atoms with van der Waals surface area (Å²) in [6.07, 6.45) is 4.33. The normalized spacial score (nSPS) is 25.2. The third-order valence-corrected chi connectivity index (χ3v) is 4.15. The first-order valence-electron chi connectivity index (χ1n) is 7.72. The summed E-state index contributed by atoms with van der Waals surface area (Å²) in [4.78, 5) is 17.0. The van der Waals surface area contributed by atoms with Crippen LogP contribution >= 0.6 is 0 Å². The molecule has 4 heteroatoms. The molecular formula is C15H29N3O. The second-order valence-electron chi connectivity index (χ2n) is 6.95. The largest absolute Gasteiger partial charge is 0.341 e. The maximum absolute atomic E-state index is 12.3. The SMILES string of the molecule is CC(C)(C)NCCC(=O)N1CCCN2CCCC2C1. The summed E-state index contributed by atoms with van der Waals surface area (Å²) in [5.41, 5.74) is 0.0985. The second-order valence-corrected chi connectivity index (χ2v) is 6.95. The molecule has 0 saturated carbocycles. The summed E-state index contributed by atoms with van der Waals surface area (Å²) in [6, 6.07) is 0.627. The van der Waals surface area contributed by atoms with Gasteiger partial charge < -0.3 is 10.2 Å². The van der Waals surface area contributed by atoms with Crippen molar-refractivity contribution in [2.75, 3.05) is 32.7 Å². The van der Waals surface area contributed by atoms with Crippen molar-refractivity contribution in [1.29, 1.82) is 0 Å². The molecule has 0 radical (unpaired) electrons. The van der Waals surface area contributed by atoms with Crippen LogP contribution in [0.3, 0.4) is 0 Å². The number of nitrogens with zero attached hydrogens (tertiary/aromatic N) is 2. The van der Waals surface area contributed by atoms with E-state index < -0.39 is 0 Å². The molecule has 2 rings (SSSR count). The van der Waals surface area contributed by atoms with Gasteiger partial charge in [0.05, 0.1) is 0 Å². The third-order valence-electron chi connectivity index (χ3n) is 4.15. The Labute approximate surface area is 117 Å². The molecule has 1 N–H and O–H groups in total. The van der Waals surface area contributed by atoms with E-state index in [-0.39, 0.29) is 5.54 Å². The molecule has 0 spiro atoms. The molecule has 2 fully saturated rings. The van der Waals surface area contributed by atoms with Gasteiger partial charge in [-0.25, -0.2) is 0 Å². The number of rotatable bonds is 3. The van der Waals surface area contributed by atoms with Gasteiger partial charge in [-0.05, 0) is 46.6 Å². The van der Waals surface area contributed by atoms with Gasteiger partial charge in [-0.3, -0.25) is 9.69 Å². The standard InChI is InChI=1S/C15H29N3O/c1-15(2,3)16-8-7-14(19)18-11-5-10-17-9-4-6-13(17)12-18/h13,16H,4-12H2,1-3H3. The molecule has 0 aromatic carbocycles. The maximum Gasteiger partial charge on any atom is 0.223 e. The van der Waals surface area contributed by atoms with Crippen molar-refractivity contribution < 1.29 is 4.79 Å². The highest BCUT2D eigenvalue weighted by atomic mass is 16.2. The number of carbonyl (C=O) groups excluding carboxylic acids is 1. The van der Waals surface area contributed by atoms with Crippen LogP contribution in [-0.4, -0.2) is 60.0 Å². The van der Waals surface area contributed by atoms with Crippen LogP contribution in [0, 0.1) is 0 Å². The lowest BCUT2D eigenvalue weighted by Crippen LogP contribution is -2.42. The van der Waals surface area contributed by atoms with Gasteiger partial charge in [0.25, 0.3) is 0 Å². The molecule has 4 nitrogen and oxygen atoms in total. The van der Waals surface area contributed by atoms with Gasteiger partial charge in [0.2, 0.25) is 5.91 Å². The van der Waals surface area contributed by atoms with Gasteiger partial charge in [0, 0.05) is 44.2 Å². The van der Waals surface area contributed by atoms with Crippen LogP contribution in [0.15, 0.2) is 0 Å². The molecule has 2 aliphatic rings. The van der Waals surface area contributed by atoms with Crippen LogP contribution < -0.4 is 5.32 Å². The Balaban J connectivity index is 1.78. The average Bonchev–Trinajstić information content (AvgIpc) is 2.64. The van der Waals surface area contributed by atoms with E-state index in [4.69, 9.17) is 0 Å². The number of fused-ring (bicyclic) bond motifs is 1. The number of hydrogen-bond acceptors (Lipinski definition) is 3. The second kappa shape index (κ2) is 6.23. The van der Waals surface area contributed by atoms with Crippen LogP contribution in [-0.2, 0) is 4.79 Å². The van der Waals surface area contributed by atoms with Crippen molar-refractivity contribution in [3.63, 3.8) is 0 Å². The molecule has 1 atom stereocenters. The zero-order chi connectivity index (χ0) is 13.9. The molecule has 19 heavy (non-hydrogen) atoms. The number of amides is 1. The minimum absolute atomic E-state index is 0.0985. The van der Waals surface area contributed by atoms with E-state index in [1.807, 2.05) is 0 Å². The molecule has 0 aromatic heterocycles. The summed E-state index contributed by atoms with van der Waals surface area (Å²) in [5.74, 6) is 0.325. The Hall–Kier alpha value is -0.610. The highest BCUT2D eigenvalue weighted by Gasteiger charge is 2.30. The first-order valence-corrected chi connectivity index (χ1v) is 7.72. The van der Waals surface area contributed by atoms with E-state index in [0.29, 0.717) is 18.4 Å². The summed E-state index contributed by atoms with van der Waals surface area (Å²) < 4.78 is 0. The third kappa shape index (κ3) is 4.46. The zero-order valence-corrected chi connectivity index (χ0v) is 12.7. The molecule has 1 amide bonds. The lowest BCUT2D eigenvalue weighted by Gasteiger charge is -2.26. The van der Waals surface area contributed by atoms with E-state index in [9.17, 15) is 4.79 Å². The van der Waals surface area contributed by atoms with Crippen LogP contribution in [0.5, 0.6) is 0 Å². The minimum Gasteiger partial charge on any atom is -0.341 e. The lowest BCUT2D eigenvalue weighted by atomic mass is 10.1. The summed E-state index contributed by atoms with van der Waals surface area (Å²) >= 11 is 0. The fourth-order valence-corrected chi connectivity index (χ4v) is 3.14. The molecule has 0 aliphatic carbocycles. The van der Waals surface area contributed by atoms with Crippen molar-refractivity contribution in [2.24, 2.45) is 0 Å². The van der Waals surface area contributed by atoms with Crippen LogP contribution in [0.2, 0.25) is 0 Å². The van der Waals surface area contributed by atoms with Crippen molar-refractivity contribution in [1.82, 2.24) is 15.1 Å². The van der Waals surface area contributed by atoms with Crippen LogP contribution in [0.1, 0.15) is 46.5 Å². The van der Waals surface area contributed by atoms with E-state index in [2.05, 4.69) is 35.9 Å². The van der Waals surface area contributed by atoms with Gasteiger partial charge in [-0.1, -0.05) is 0 Å². The quantitative estimate of drug-likeness (QED) is 0.841. The molecule has 0 bridgehead atoms. The molecule has 2 saturated heterocycles. The summed E-state index contributed by atoms with van der Waals surface area (Å²) in [7, 11) is 0. The van der Waals surface area contributed by atoms with E-state index in [1.165, 1.54) is 25.9 Å². The summed E-state index contributed by atoms with van der Waals surface area (Å²) in [6.45, 7) is 11.5. The van der Waals surface area contributed by atoms with Crippen molar-refractivity contribution >= 4 is 5.91 Å². The molecular weight excluding hydrogens is 238 g/mol. The number of carbonyl (C=O) groups is 1. The molecule has 110 valence electrons.